The molecule has 0 atom stereocenters. The van der Waals surface area contributed by atoms with Gasteiger partial charge in [-0.3, -0.25) is 0 Å². The third kappa shape index (κ3) is 3.00. The van der Waals surface area contributed by atoms with Gasteiger partial charge in [0.05, 0.1) is 18.1 Å². The molecule has 20 heavy (non-hydrogen) atoms. The Bertz CT molecular complexity index is 649. The fourth-order valence-corrected chi connectivity index (χ4v) is 2.01. The molecular formula is C16H12F3N. The van der Waals surface area contributed by atoms with Crippen molar-refractivity contribution in [3.05, 3.63) is 59.2 Å². The molecule has 1 nitrogen and oxygen atoms in total. The maximum atomic E-state index is 12.5. The van der Waals surface area contributed by atoms with Crippen LogP contribution in [0.25, 0.3) is 11.1 Å². The fraction of sp³-hybridized carbons (Fsp3) is 0.188. The number of rotatable bonds is 2. The number of alkyl halides is 3. The van der Waals surface area contributed by atoms with Gasteiger partial charge in [0.1, 0.15) is 0 Å². The van der Waals surface area contributed by atoms with E-state index in [1.165, 1.54) is 12.1 Å². The summed E-state index contributed by atoms with van der Waals surface area (Å²) in [6, 6.07) is 12.7. The molecule has 0 aliphatic heterocycles. The van der Waals surface area contributed by atoms with Gasteiger partial charge in [-0.05, 0) is 41.3 Å². The Morgan fingerprint density at radius 2 is 1.60 bits per heavy atom. The Hall–Kier alpha value is -2.28. The normalized spacial score (nSPS) is 11.2. The van der Waals surface area contributed by atoms with E-state index in [0.29, 0.717) is 6.42 Å². The molecule has 0 aliphatic rings. The second-order valence-corrected chi connectivity index (χ2v) is 4.55. The summed E-state index contributed by atoms with van der Waals surface area (Å²) >= 11 is 0. The van der Waals surface area contributed by atoms with E-state index in [2.05, 4.69) is 6.07 Å². The summed E-state index contributed by atoms with van der Waals surface area (Å²) in [5.41, 5.74) is 2.81. The van der Waals surface area contributed by atoms with Crippen molar-refractivity contribution in [2.75, 3.05) is 0 Å². The molecule has 0 heterocycles. The fourth-order valence-electron chi connectivity index (χ4n) is 2.01. The molecule has 0 radical (unpaired) electrons. The number of halogens is 3. The summed E-state index contributed by atoms with van der Waals surface area (Å²) < 4.78 is 37.5. The highest BCUT2D eigenvalue weighted by molar-refractivity contribution is 5.65. The predicted molar refractivity (Wildman–Crippen MR) is 70.9 cm³/mol. The van der Waals surface area contributed by atoms with E-state index >= 15 is 0 Å². The van der Waals surface area contributed by atoms with Gasteiger partial charge in [0, 0.05) is 0 Å². The van der Waals surface area contributed by atoms with Gasteiger partial charge in [0.2, 0.25) is 0 Å². The van der Waals surface area contributed by atoms with Crippen LogP contribution in [0.1, 0.15) is 16.7 Å². The zero-order valence-corrected chi connectivity index (χ0v) is 10.8. The Morgan fingerprint density at radius 1 is 1.00 bits per heavy atom. The number of hydrogen-bond donors (Lipinski definition) is 0. The van der Waals surface area contributed by atoms with E-state index in [0.717, 1.165) is 34.4 Å². The third-order valence-corrected chi connectivity index (χ3v) is 3.16. The van der Waals surface area contributed by atoms with Gasteiger partial charge >= 0.3 is 6.18 Å². The average molecular weight is 275 g/mol. The van der Waals surface area contributed by atoms with Crippen LogP contribution in [0.5, 0.6) is 0 Å². The molecule has 0 amide bonds. The molecular weight excluding hydrogens is 263 g/mol. The van der Waals surface area contributed by atoms with Crippen molar-refractivity contribution in [3.63, 3.8) is 0 Å². The molecule has 0 aromatic heterocycles. The second kappa shape index (κ2) is 5.38. The predicted octanol–water partition coefficient (Wildman–Crippen LogP) is 4.75. The standard InChI is InChI=1S/C16H12F3N/c1-11-10-14(3-2-12(11)8-9-20)13-4-6-15(7-5-13)16(17,18)19/h2-7,10H,8H2,1H3. The van der Waals surface area contributed by atoms with Crippen molar-refractivity contribution < 1.29 is 13.2 Å². The summed E-state index contributed by atoms with van der Waals surface area (Å²) in [6.45, 7) is 1.89. The van der Waals surface area contributed by atoms with Gasteiger partial charge in [-0.25, -0.2) is 0 Å². The first-order valence-corrected chi connectivity index (χ1v) is 6.06. The van der Waals surface area contributed by atoms with Crippen molar-refractivity contribution in [1.29, 1.82) is 5.26 Å². The lowest BCUT2D eigenvalue weighted by Gasteiger charge is -2.09. The molecule has 102 valence electrons. The molecule has 2 aromatic rings. The van der Waals surface area contributed by atoms with Crippen LogP contribution >= 0.6 is 0 Å². The van der Waals surface area contributed by atoms with Crippen LogP contribution in [0.15, 0.2) is 42.5 Å². The smallest absolute Gasteiger partial charge is 0.198 e. The van der Waals surface area contributed by atoms with Gasteiger partial charge < -0.3 is 0 Å². The Balaban J connectivity index is 2.33. The Morgan fingerprint density at radius 3 is 2.10 bits per heavy atom. The maximum Gasteiger partial charge on any atom is 0.416 e. The lowest BCUT2D eigenvalue weighted by atomic mass is 9.98. The molecule has 0 aliphatic carbocycles. The summed E-state index contributed by atoms with van der Waals surface area (Å²) in [4.78, 5) is 0. The van der Waals surface area contributed by atoms with E-state index in [4.69, 9.17) is 5.26 Å². The molecule has 0 bridgehead atoms. The molecule has 0 unspecified atom stereocenters. The zero-order valence-electron chi connectivity index (χ0n) is 10.8. The SMILES string of the molecule is Cc1cc(-c2ccc(C(F)(F)F)cc2)ccc1CC#N. The van der Waals surface area contributed by atoms with Crippen molar-refractivity contribution in [2.45, 2.75) is 19.5 Å². The number of nitrogens with zero attached hydrogens (tertiary/aromatic N) is 1. The molecule has 0 N–H and O–H groups in total. The summed E-state index contributed by atoms with van der Waals surface area (Å²) in [5, 5.41) is 8.68. The van der Waals surface area contributed by atoms with Crippen LogP contribution in [-0.2, 0) is 12.6 Å². The van der Waals surface area contributed by atoms with E-state index in [9.17, 15) is 13.2 Å². The first-order chi connectivity index (χ1) is 9.41. The van der Waals surface area contributed by atoms with Crippen molar-refractivity contribution in [2.24, 2.45) is 0 Å². The minimum atomic E-state index is -4.31. The Kier molecular flexibility index (Phi) is 3.80. The summed E-state index contributed by atoms with van der Waals surface area (Å²) in [7, 11) is 0. The first-order valence-electron chi connectivity index (χ1n) is 6.06. The summed E-state index contributed by atoms with van der Waals surface area (Å²) in [6.07, 6.45) is -3.98. The molecule has 0 spiro atoms. The van der Waals surface area contributed by atoms with Gasteiger partial charge in [-0.2, -0.15) is 18.4 Å². The van der Waals surface area contributed by atoms with Crippen LogP contribution in [0.2, 0.25) is 0 Å². The van der Waals surface area contributed by atoms with Crippen LogP contribution in [0.3, 0.4) is 0 Å². The van der Waals surface area contributed by atoms with Crippen molar-refractivity contribution in [1.82, 2.24) is 0 Å². The van der Waals surface area contributed by atoms with E-state index in [1.807, 2.05) is 25.1 Å². The lowest BCUT2D eigenvalue weighted by molar-refractivity contribution is -0.137. The highest BCUT2D eigenvalue weighted by Crippen LogP contribution is 2.31. The highest BCUT2D eigenvalue weighted by Gasteiger charge is 2.29. The minimum Gasteiger partial charge on any atom is -0.198 e. The van der Waals surface area contributed by atoms with E-state index in [1.54, 1.807) is 0 Å². The zero-order chi connectivity index (χ0) is 14.8. The first kappa shape index (κ1) is 14.1. The molecule has 2 rings (SSSR count). The quantitative estimate of drug-likeness (QED) is 0.776. The van der Waals surface area contributed by atoms with Gasteiger partial charge in [-0.1, -0.05) is 30.3 Å². The number of nitriles is 1. The van der Waals surface area contributed by atoms with Crippen LogP contribution in [0.4, 0.5) is 13.2 Å². The monoisotopic (exact) mass is 275 g/mol. The van der Waals surface area contributed by atoms with Crippen molar-refractivity contribution in [3.8, 4) is 17.2 Å². The summed E-state index contributed by atoms with van der Waals surface area (Å²) in [5.74, 6) is 0. The third-order valence-electron chi connectivity index (χ3n) is 3.16. The maximum absolute atomic E-state index is 12.5. The van der Waals surface area contributed by atoms with Crippen LogP contribution in [-0.4, -0.2) is 0 Å². The minimum absolute atomic E-state index is 0.332. The van der Waals surface area contributed by atoms with Gasteiger partial charge in [0.25, 0.3) is 0 Å². The highest BCUT2D eigenvalue weighted by atomic mass is 19.4. The van der Waals surface area contributed by atoms with Crippen LogP contribution in [0, 0.1) is 18.3 Å². The number of hydrogen-bond acceptors (Lipinski definition) is 1. The Labute approximate surface area is 115 Å². The second-order valence-electron chi connectivity index (χ2n) is 4.55. The van der Waals surface area contributed by atoms with Crippen molar-refractivity contribution >= 4 is 0 Å². The largest absolute Gasteiger partial charge is 0.416 e. The average Bonchev–Trinajstić information content (AvgIpc) is 2.40. The number of aryl methyl sites for hydroxylation is 1. The number of benzene rings is 2. The molecule has 0 saturated heterocycles. The van der Waals surface area contributed by atoms with Crippen LogP contribution < -0.4 is 0 Å². The van der Waals surface area contributed by atoms with E-state index in [-0.39, 0.29) is 0 Å². The molecule has 4 heteroatoms. The molecule has 0 saturated carbocycles. The molecule has 0 fully saturated rings. The van der Waals surface area contributed by atoms with Gasteiger partial charge in [0.15, 0.2) is 0 Å². The molecule has 2 aromatic carbocycles. The van der Waals surface area contributed by atoms with E-state index < -0.39 is 11.7 Å². The van der Waals surface area contributed by atoms with Gasteiger partial charge in [-0.15, -0.1) is 0 Å². The lowest BCUT2D eigenvalue weighted by Crippen LogP contribution is -2.04. The topological polar surface area (TPSA) is 23.8 Å².